The van der Waals surface area contributed by atoms with Crippen molar-refractivity contribution < 1.29 is 23.2 Å². The van der Waals surface area contributed by atoms with Crippen LogP contribution in [0.1, 0.15) is 16.7 Å². The molecule has 3 N–H and O–H groups in total. The number of aromatic hydroxyl groups is 2. The lowest BCUT2D eigenvalue weighted by Gasteiger charge is -2.34. The van der Waals surface area contributed by atoms with Gasteiger partial charge in [-0.1, -0.05) is 64.6 Å². The van der Waals surface area contributed by atoms with Gasteiger partial charge in [-0.2, -0.15) is 8.42 Å². The van der Waals surface area contributed by atoms with E-state index in [9.17, 15) is 23.2 Å². The average Bonchev–Trinajstić information content (AvgIpc) is 2.61. The Hall–Kier alpha value is -1.67. The van der Waals surface area contributed by atoms with E-state index >= 15 is 0 Å². The van der Waals surface area contributed by atoms with Gasteiger partial charge in [0.1, 0.15) is 11.5 Å². The number of phenols is 2. The van der Waals surface area contributed by atoms with Crippen LogP contribution in [0.15, 0.2) is 54.6 Å². The van der Waals surface area contributed by atoms with E-state index in [-0.39, 0.29) is 42.5 Å². The molecule has 1 atom stereocenters. The van der Waals surface area contributed by atoms with Gasteiger partial charge >= 0.3 is 0 Å². The first kappa shape index (κ1) is 22.0. The summed E-state index contributed by atoms with van der Waals surface area (Å²) < 4.78 is 33.9. The first-order valence-corrected chi connectivity index (χ1v) is 10.8. The fourth-order valence-electron chi connectivity index (χ4n) is 3.17. The molecule has 0 aromatic heterocycles. The summed E-state index contributed by atoms with van der Waals surface area (Å²) in [6.45, 7) is 0. The molecule has 3 aromatic carbocycles. The fraction of sp³-hybridized carbons (Fsp3) is 0.0526. The molecule has 0 bridgehead atoms. The van der Waals surface area contributed by atoms with E-state index in [4.69, 9.17) is 46.4 Å². The van der Waals surface area contributed by atoms with Crippen LogP contribution in [0, 0.1) is 0 Å². The van der Waals surface area contributed by atoms with Crippen LogP contribution in [0.25, 0.3) is 0 Å². The minimum absolute atomic E-state index is 0.0179. The lowest BCUT2D eigenvalue weighted by molar-refractivity contribution is 0.440. The summed E-state index contributed by atoms with van der Waals surface area (Å²) in [5.41, 5.74) is -0.398. The van der Waals surface area contributed by atoms with Crippen molar-refractivity contribution in [2.45, 2.75) is 4.75 Å². The van der Waals surface area contributed by atoms with E-state index in [0.717, 1.165) is 12.1 Å². The molecular formula is C19H12Cl4O5S. The lowest BCUT2D eigenvalue weighted by Crippen LogP contribution is -2.38. The number of benzene rings is 3. The number of hydrogen-bond donors (Lipinski definition) is 3. The molecule has 1 unspecified atom stereocenters. The molecule has 0 amide bonds. The highest BCUT2D eigenvalue weighted by molar-refractivity contribution is 7.87. The van der Waals surface area contributed by atoms with Crippen LogP contribution in [0.3, 0.4) is 0 Å². The molecule has 0 fully saturated rings. The van der Waals surface area contributed by atoms with Gasteiger partial charge < -0.3 is 10.2 Å². The molecule has 152 valence electrons. The van der Waals surface area contributed by atoms with Crippen LogP contribution in [-0.4, -0.2) is 23.2 Å². The number of rotatable bonds is 4. The van der Waals surface area contributed by atoms with Crippen molar-refractivity contribution in [3.05, 3.63) is 91.4 Å². The van der Waals surface area contributed by atoms with E-state index in [1.807, 2.05) is 0 Å². The third kappa shape index (κ3) is 3.77. The van der Waals surface area contributed by atoms with Crippen molar-refractivity contribution in [3.8, 4) is 11.5 Å². The summed E-state index contributed by atoms with van der Waals surface area (Å²) >= 11 is 24.3. The Labute approximate surface area is 186 Å². The molecule has 0 radical (unpaired) electrons. The lowest BCUT2D eigenvalue weighted by atomic mass is 9.83. The highest BCUT2D eigenvalue weighted by Gasteiger charge is 2.51. The Morgan fingerprint density at radius 1 is 0.724 bits per heavy atom. The van der Waals surface area contributed by atoms with E-state index in [1.54, 1.807) is 0 Å². The van der Waals surface area contributed by atoms with Crippen molar-refractivity contribution >= 4 is 56.5 Å². The third-order valence-electron chi connectivity index (χ3n) is 4.39. The Morgan fingerprint density at radius 2 is 1.31 bits per heavy atom. The Morgan fingerprint density at radius 3 is 1.86 bits per heavy atom. The first-order valence-electron chi connectivity index (χ1n) is 7.89. The Balaban J connectivity index is 2.58. The molecular weight excluding hydrogens is 482 g/mol. The maximum Gasteiger partial charge on any atom is 0.283 e. The summed E-state index contributed by atoms with van der Waals surface area (Å²) in [5.74, 6) is -0.685. The van der Waals surface area contributed by atoms with Crippen LogP contribution in [0.4, 0.5) is 0 Å². The van der Waals surface area contributed by atoms with Crippen molar-refractivity contribution in [1.29, 1.82) is 0 Å². The second kappa shape index (κ2) is 7.87. The summed E-state index contributed by atoms with van der Waals surface area (Å²) in [6, 6.07) is 11.2. The fourth-order valence-corrected chi connectivity index (χ4v) is 5.43. The Bertz CT molecular complexity index is 1200. The predicted molar refractivity (Wildman–Crippen MR) is 114 cm³/mol. The zero-order valence-electron chi connectivity index (χ0n) is 14.3. The minimum atomic E-state index is -5.06. The smallest absolute Gasteiger partial charge is 0.283 e. The van der Waals surface area contributed by atoms with Crippen molar-refractivity contribution in [2.24, 2.45) is 0 Å². The van der Waals surface area contributed by atoms with Gasteiger partial charge in [-0.15, -0.1) is 0 Å². The van der Waals surface area contributed by atoms with Crippen LogP contribution < -0.4 is 0 Å². The monoisotopic (exact) mass is 492 g/mol. The van der Waals surface area contributed by atoms with Gasteiger partial charge in [0.25, 0.3) is 10.1 Å². The number of phenolic OH excluding ortho intramolecular Hbond substituents is 2. The largest absolute Gasteiger partial charge is 0.508 e. The molecule has 10 heteroatoms. The summed E-state index contributed by atoms with van der Waals surface area (Å²) in [5, 5.41) is 20.3. The maximum atomic E-state index is 12.9. The predicted octanol–water partition coefficient (Wildman–Crippen LogP) is 5.89. The normalized spacial score (nSPS) is 13.8. The third-order valence-corrected chi connectivity index (χ3v) is 7.11. The van der Waals surface area contributed by atoms with Crippen LogP contribution >= 0.6 is 46.4 Å². The van der Waals surface area contributed by atoms with Gasteiger partial charge in [-0.05, 0) is 35.9 Å². The zero-order chi connectivity index (χ0) is 21.6. The van der Waals surface area contributed by atoms with E-state index in [0.29, 0.717) is 0 Å². The molecule has 0 aliphatic carbocycles. The van der Waals surface area contributed by atoms with Gasteiger partial charge in [0.15, 0.2) is 4.75 Å². The molecule has 0 spiro atoms. The van der Waals surface area contributed by atoms with Crippen molar-refractivity contribution in [1.82, 2.24) is 0 Å². The first-order chi connectivity index (χ1) is 13.5. The average molecular weight is 494 g/mol. The SMILES string of the molecule is O=S(=O)(O)C(c1ccc(O)cc1)(c1cc(Cl)c(Cl)cc1O)c1ccc(Cl)cc1Cl. The molecule has 5 nitrogen and oxygen atoms in total. The second-order valence-electron chi connectivity index (χ2n) is 6.11. The van der Waals surface area contributed by atoms with Gasteiger partial charge in [0.2, 0.25) is 0 Å². The van der Waals surface area contributed by atoms with Gasteiger partial charge in [0, 0.05) is 27.2 Å². The molecule has 0 aliphatic rings. The van der Waals surface area contributed by atoms with Crippen LogP contribution in [-0.2, 0) is 14.9 Å². The molecule has 3 aromatic rings. The van der Waals surface area contributed by atoms with Gasteiger partial charge in [-0.25, -0.2) is 0 Å². The zero-order valence-corrected chi connectivity index (χ0v) is 18.1. The molecule has 0 saturated heterocycles. The standard InChI is InChI=1S/C19H12Cl4O5S/c20-11-3-6-13(15(21)7-11)19(29(26,27)28,10-1-4-12(24)5-2-10)14-8-16(22)17(23)9-18(14)25/h1-9,24-25H,(H,26,27,28). The van der Waals surface area contributed by atoms with Crippen molar-refractivity contribution in [3.63, 3.8) is 0 Å². The topological polar surface area (TPSA) is 94.8 Å². The minimum Gasteiger partial charge on any atom is -0.508 e. The van der Waals surface area contributed by atoms with E-state index in [2.05, 4.69) is 0 Å². The number of hydrogen-bond acceptors (Lipinski definition) is 4. The van der Waals surface area contributed by atoms with Gasteiger partial charge in [-0.3, -0.25) is 4.55 Å². The second-order valence-corrected chi connectivity index (χ2v) is 9.33. The number of halogens is 4. The highest BCUT2D eigenvalue weighted by Crippen LogP contribution is 2.51. The molecule has 0 aliphatic heterocycles. The molecule has 0 heterocycles. The highest BCUT2D eigenvalue weighted by atomic mass is 35.5. The molecule has 3 rings (SSSR count). The molecule has 0 saturated carbocycles. The van der Waals surface area contributed by atoms with Crippen LogP contribution in [0.5, 0.6) is 11.5 Å². The van der Waals surface area contributed by atoms with E-state index in [1.165, 1.54) is 42.5 Å². The van der Waals surface area contributed by atoms with E-state index < -0.39 is 20.6 Å². The van der Waals surface area contributed by atoms with Gasteiger partial charge in [0.05, 0.1) is 10.0 Å². The van der Waals surface area contributed by atoms with Crippen molar-refractivity contribution in [2.75, 3.05) is 0 Å². The maximum absolute atomic E-state index is 12.9. The summed E-state index contributed by atoms with van der Waals surface area (Å²) in [4.78, 5) is 0. The summed E-state index contributed by atoms with van der Waals surface area (Å²) in [6.07, 6.45) is 0. The molecule has 29 heavy (non-hydrogen) atoms. The quantitative estimate of drug-likeness (QED) is 0.311. The van der Waals surface area contributed by atoms with Crippen LogP contribution in [0.2, 0.25) is 20.1 Å². The Kier molecular flexibility index (Phi) is 5.98. The summed E-state index contributed by atoms with van der Waals surface area (Å²) in [7, 11) is -5.06.